The van der Waals surface area contributed by atoms with Crippen LogP contribution in [0, 0.1) is 6.92 Å². The van der Waals surface area contributed by atoms with Crippen LogP contribution in [-0.2, 0) is 13.6 Å². The predicted octanol–water partition coefficient (Wildman–Crippen LogP) is 3.53. The minimum Gasteiger partial charge on any atom is -0.318 e. The van der Waals surface area contributed by atoms with Crippen LogP contribution in [0.5, 0.6) is 0 Å². The molecule has 1 amide bonds. The topological polar surface area (TPSA) is 64.7 Å². The molecule has 0 spiro atoms. The molecule has 0 aliphatic carbocycles. The molecule has 8 heteroatoms. The average molecular weight is 364 g/mol. The van der Waals surface area contributed by atoms with E-state index in [9.17, 15) is 4.79 Å². The first-order valence-electron chi connectivity index (χ1n) is 7.21. The molecule has 0 bridgehead atoms. The van der Waals surface area contributed by atoms with Crippen molar-refractivity contribution >= 4 is 34.8 Å². The van der Waals surface area contributed by atoms with Gasteiger partial charge in [0.25, 0.3) is 5.91 Å². The SMILES string of the molecule is Cc1c(Cl)c(C(=O)Nc2cnn(Cc3cccc(Cl)c3)c2)nn1C. The minimum atomic E-state index is -0.369. The molecule has 6 nitrogen and oxygen atoms in total. The second-order valence-electron chi connectivity index (χ2n) is 5.38. The molecular weight excluding hydrogens is 349 g/mol. The number of benzene rings is 1. The Bertz CT molecular complexity index is 900. The van der Waals surface area contributed by atoms with Gasteiger partial charge in [-0.05, 0) is 24.6 Å². The quantitative estimate of drug-likeness (QED) is 0.770. The van der Waals surface area contributed by atoms with Crippen molar-refractivity contribution in [1.29, 1.82) is 0 Å². The molecule has 3 rings (SSSR count). The molecule has 1 aromatic carbocycles. The third-order valence-corrected chi connectivity index (χ3v) is 4.29. The monoisotopic (exact) mass is 363 g/mol. The molecule has 1 N–H and O–H groups in total. The van der Waals surface area contributed by atoms with E-state index < -0.39 is 0 Å². The highest BCUT2D eigenvalue weighted by Gasteiger charge is 2.18. The van der Waals surface area contributed by atoms with Crippen LogP contribution in [-0.4, -0.2) is 25.5 Å². The molecular formula is C16H15Cl2N5O. The number of nitrogens with zero attached hydrogens (tertiary/aromatic N) is 4. The minimum absolute atomic E-state index is 0.194. The van der Waals surface area contributed by atoms with Crippen molar-refractivity contribution in [2.75, 3.05) is 5.32 Å². The number of anilines is 1. The van der Waals surface area contributed by atoms with Gasteiger partial charge in [0.15, 0.2) is 5.69 Å². The van der Waals surface area contributed by atoms with Gasteiger partial charge in [0.2, 0.25) is 0 Å². The lowest BCUT2D eigenvalue weighted by atomic mass is 10.2. The maximum atomic E-state index is 12.3. The van der Waals surface area contributed by atoms with Gasteiger partial charge in [-0.15, -0.1) is 0 Å². The Hall–Kier alpha value is -2.31. The summed E-state index contributed by atoms with van der Waals surface area (Å²) in [5.41, 5.74) is 2.52. The highest BCUT2D eigenvalue weighted by Crippen LogP contribution is 2.20. The summed E-state index contributed by atoms with van der Waals surface area (Å²) in [5, 5.41) is 12.1. The zero-order chi connectivity index (χ0) is 17.3. The van der Waals surface area contributed by atoms with Gasteiger partial charge in [-0.3, -0.25) is 14.2 Å². The van der Waals surface area contributed by atoms with E-state index in [2.05, 4.69) is 15.5 Å². The predicted molar refractivity (Wildman–Crippen MR) is 93.7 cm³/mol. The van der Waals surface area contributed by atoms with Gasteiger partial charge in [-0.25, -0.2) is 0 Å². The Morgan fingerprint density at radius 3 is 2.79 bits per heavy atom. The van der Waals surface area contributed by atoms with E-state index in [4.69, 9.17) is 23.2 Å². The number of hydrogen-bond donors (Lipinski definition) is 1. The lowest BCUT2D eigenvalue weighted by Gasteiger charge is -2.02. The van der Waals surface area contributed by atoms with E-state index in [1.54, 1.807) is 35.7 Å². The Balaban J connectivity index is 1.71. The molecule has 2 aromatic heterocycles. The number of hydrogen-bond acceptors (Lipinski definition) is 3. The van der Waals surface area contributed by atoms with Crippen molar-refractivity contribution < 1.29 is 4.79 Å². The van der Waals surface area contributed by atoms with Crippen molar-refractivity contribution in [1.82, 2.24) is 19.6 Å². The normalized spacial score (nSPS) is 10.8. The van der Waals surface area contributed by atoms with E-state index in [-0.39, 0.29) is 11.6 Å². The summed E-state index contributed by atoms with van der Waals surface area (Å²) in [6, 6.07) is 7.54. The maximum absolute atomic E-state index is 12.3. The third-order valence-electron chi connectivity index (χ3n) is 3.60. The molecule has 0 unspecified atom stereocenters. The van der Waals surface area contributed by atoms with Crippen LogP contribution in [0.15, 0.2) is 36.7 Å². The fourth-order valence-electron chi connectivity index (χ4n) is 2.25. The fraction of sp³-hybridized carbons (Fsp3) is 0.188. The summed E-state index contributed by atoms with van der Waals surface area (Å²) in [6.45, 7) is 2.36. The number of rotatable bonds is 4. The fourth-order valence-corrected chi connectivity index (χ4v) is 2.71. The molecule has 0 saturated heterocycles. The van der Waals surface area contributed by atoms with Crippen LogP contribution in [0.3, 0.4) is 0 Å². The van der Waals surface area contributed by atoms with Gasteiger partial charge in [-0.2, -0.15) is 10.2 Å². The van der Waals surface area contributed by atoms with Crippen LogP contribution < -0.4 is 5.32 Å². The summed E-state index contributed by atoms with van der Waals surface area (Å²) in [6.07, 6.45) is 3.31. The zero-order valence-corrected chi connectivity index (χ0v) is 14.6. The summed E-state index contributed by atoms with van der Waals surface area (Å²) in [7, 11) is 1.74. The first kappa shape index (κ1) is 16.5. The Labute approximate surface area is 149 Å². The van der Waals surface area contributed by atoms with Crippen LogP contribution in [0.1, 0.15) is 21.7 Å². The summed E-state index contributed by atoms with van der Waals surface area (Å²) in [4.78, 5) is 12.3. The van der Waals surface area contributed by atoms with Gasteiger partial charge in [-0.1, -0.05) is 35.3 Å². The van der Waals surface area contributed by atoms with Crippen molar-refractivity contribution in [3.8, 4) is 0 Å². The van der Waals surface area contributed by atoms with Gasteiger partial charge in [0.05, 0.1) is 29.1 Å². The van der Waals surface area contributed by atoms with E-state index in [1.807, 2.05) is 24.3 Å². The first-order valence-corrected chi connectivity index (χ1v) is 7.97. The molecule has 0 atom stereocenters. The Morgan fingerprint density at radius 2 is 2.12 bits per heavy atom. The molecule has 2 heterocycles. The van der Waals surface area contributed by atoms with Gasteiger partial charge < -0.3 is 5.32 Å². The number of carbonyl (C=O) groups excluding carboxylic acids is 1. The van der Waals surface area contributed by atoms with Gasteiger partial charge >= 0.3 is 0 Å². The van der Waals surface area contributed by atoms with Crippen LogP contribution >= 0.6 is 23.2 Å². The molecule has 3 aromatic rings. The van der Waals surface area contributed by atoms with Crippen molar-refractivity contribution in [3.63, 3.8) is 0 Å². The van der Waals surface area contributed by atoms with Gasteiger partial charge in [0.1, 0.15) is 0 Å². The van der Waals surface area contributed by atoms with E-state index in [1.165, 1.54) is 0 Å². The zero-order valence-electron chi connectivity index (χ0n) is 13.1. The number of amides is 1. The van der Waals surface area contributed by atoms with E-state index in [0.29, 0.717) is 22.3 Å². The maximum Gasteiger partial charge on any atom is 0.277 e. The molecule has 0 radical (unpaired) electrons. The van der Waals surface area contributed by atoms with Crippen molar-refractivity contribution in [3.05, 3.63) is 63.7 Å². The number of halogens is 2. The summed E-state index contributed by atoms with van der Waals surface area (Å²) < 4.78 is 3.28. The van der Waals surface area contributed by atoms with E-state index in [0.717, 1.165) is 11.3 Å². The lowest BCUT2D eigenvalue weighted by molar-refractivity contribution is 0.102. The molecule has 0 saturated carbocycles. The molecule has 0 aliphatic rings. The number of aryl methyl sites for hydroxylation is 1. The molecule has 0 aliphatic heterocycles. The molecule has 0 fully saturated rings. The molecule has 24 heavy (non-hydrogen) atoms. The van der Waals surface area contributed by atoms with E-state index >= 15 is 0 Å². The van der Waals surface area contributed by atoms with Crippen LogP contribution in [0.4, 0.5) is 5.69 Å². The standard InChI is InChI=1S/C16H15Cl2N5O/c1-10-14(18)15(21-22(10)2)16(24)20-13-7-19-23(9-13)8-11-4-3-5-12(17)6-11/h3-7,9H,8H2,1-2H3,(H,20,24). The highest BCUT2D eigenvalue weighted by molar-refractivity contribution is 6.34. The third kappa shape index (κ3) is 3.44. The second kappa shape index (κ2) is 6.67. The molecule has 124 valence electrons. The van der Waals surface area contributed by atoms with Crippen LogP contribution in [0.2, 0.25) is 10.0 Å². The van der Waals surface area contributed by atoms with Crippen molar-refractivity contribution in [2.24, 2.45) is 7.05 Å². The van der Waals surface area contributed by atoms with Crippen LogP contribution in [0.25, 0.3) is 0 Å². The summed E-state index contributed by atoms with van der Waals surface area (Å²) in [5.74, 6) is -0.369. The Kier molecular flexibility index (Phi) is 4.59. The largest absolute Gasteiger partial charge is 0.318 e. The number of aromatic nitrogens is 4. The smallest absolute Gasteiger partial charge is 0.277 e. The average Bonchev–Trinajstić information content (AvgIpc) is 3.07. The second-order valence-corrected chi connectivity index (χ2v) is 6.20. The summed E-state index contributed by atoms with van der Waals surface area (Å²) >= 11 is 12.1. The Morgan fingerprint density at radius 1 is 1.33 bits per heavy atom. The van der Waals surface area contributed by atoms with Gasteiger partial charge in [0, 0.05) is 18.3 Å². The number of carbonyl (C=O) groups is 1. The highest BCUT2D eigenvalue weighted by atomic mass is 35.5. The lowest BCUT2D eigenvalue weighted by Crippen LogP contribution is -2.13. The van der Waals surface area contributed by atoms with Crippen molar-refractivity contribution in [2.45, 2.75) is 13.5 Å². The first-order chi connectivity index (χ1) is 11.4. The number of nitrogens with one attached hydrogen (secondary N) is 1.